The van der Waals surface area contributed by atoms with Gasteiger partial charge in [0.2, 0.25) is 0 Å². The van der Waals surface area contributed by atoms with Gasteiger partial charge in [-0.25, -0.2) is 4.79 Å². The largest absolute Gasteiger partial charge is 0.458 e. The van der Waals surface area contributed by atoms with Gasteiger partial charge in [0.05, 0.1) is 17.6 Å². The molecule has 3 rings (SSSR count). The molecule has 226 valence electrons. The summed E-state index contributed by atoms with van der Waals surface area (Å²) in [5.74, 6) is -3.40. The Balaban J connectivity index is 0.00000287. The Morgan fingerprint density at radius 3 is 2.15 bits per heavy atom. The van der Waals surface area contributed by atoms with Gasteiger partial charge in [-0.3, -0.25) is 14.4 Å². The van der Waals surface area contributed by atoms with Crippen LogP contribution < -0.4 is 0 Å². The lowest BCUT2D eigenvalue weighted by Gasteiger charge is -2.43. The molecule has 0 spiro atoms. The van der Waals surface area contributed by atoms with Crippen LogP contribution in [0.3, 0.4) is 0 Å². The molecule has 0 heterocycles. The second kappa shape index (κ2) is 14.0. The van der Waals surface area contributed by atoms with Gasteiger partial charge in [-0.2, -0.15) is 0 Å². The number of carbonyl (C=O) groups excluding carboxylic acids is 4. The summed E-state index contributed by atoms with van der Waals surface area (Å²) in [6.07, 6.45) is 2.53. The minimum atomic E-state index is -1.41. The number of esters is 3. The highest BCUT2D eigenvalue weighted by atomic mass is 16.6. The molecule has 0 bridgehead atoms. The van der Waals surface area contributed by atoms with Crippen LogP contribution in [0.15, 0.2) is 54.1 Å². The van der Waals surface area contributed by atoms with Gasteiger partial charge in [-0.15, -0.1) is 0 Å². The standard InChI is InChI=1S/C31H40O8.CH4O/c1-18-13-14-30(6,7)26(35)16-25(34)19(2)15-24-27(38-29(36)23-11-9-8-10-12-23)20(3)17-31(24,39-22(5)33)28(18)37-21(4)32;1-2/h8-15,18,20,24-25,27-28,34H,16-17H2,1-7H3;2H,1H3/b14-13+,19-15+;/t18-,20+,24-,25+,27-,28+,31+;/m0./s1. The maximum absolute atomic E-state index is 13.2. The van der Waals surface area contributed by atoms with Gasteiger partial charge in [0.25, 0.3) is 0 Å². The van der Waals surface area contributed by atoms with Gasteiger partial charge in [0, 0.05) is 38.7 Å². The van der Waals surface area contributed by atoms with Crippen molar-refractivity contribution >= 4 is 23.7 Å². The highest BCUT2D eigenvalue weighted by Crippen LogP contribution is 2.51. The second-order valence-electron chi connectivity index (χ2n) is 11.5. The molecule has 2 aliphatic rings. The van der Waals surface area contributed by atoms with Gasteiger partial charge in [0.1, 0.15) is 18.0 Å². The predicted molar refractivity (Wildman–Crippen MR) is 153 cm³/mol. The maximum Gasteiger partial charge on any atom is 0.338 e. The van der Waals surface area contributed by atoms with E-state index in [1.54, 1.807) is 69.3 Å². The van der Waals surface area contributed by atoms with Crippen LogP contribution in [-0.2, 0) is 28.6 Å². The fraction of sp³-hybridized carbons (Fsp3) is 0.562. The third-order valence-electron chi connectivity index (χ3n) is 7.84. The number of benzene rings is 1. The van der Waals surface area contributed by atoms with Crippen LogP contribution in [0.2, 0.25) is 0 Å². The number of carbonyl (C=O) groups is 4. The van der Waals surface area contributed by atoms with Crippen LogP contribution in [0, 0.1) is 23.2 Å². The van der Waals surface area contributed by atoms with Gasteiger partial charge < -0.3 is 24.4 Å². The molecule has 1 aromatic rings. The van der Waals surface area contributed by atoms with Crippen molar-refractivity contribution in [3.05, 3.63) is 59.7 Å². The van der Waals surface area contributed by atoms with Crippen LogP contribution in [0.25, 0.3) is 0 Å². The summed E-state index contributed by atoms with van der Waals surface area (Å²) < 4.78 is 18.0. The molecule has 0 radical (unpaired) electrons. The van der Waals surface area contributed by atoms with E-state index in [-0.39, 0.29) is 24.5 Å². The Hall–Kier alpha value is -3.30. The Kier molecular flexibility index (Phi) is 11.6. The number of aliphatic hydroxyl groups is 2. The molecular formula is C32H44O9. The van der Waals surface area contributed by atoms with Crippen LogP contribution >= 0.6 is 0 Å². The average molecular weight is 573 g/mol. The molecule has 1 aromatic carbocycles. The number of Topliss-reactive ketones (excluding diaryl/α,β-unsaturated/α-hetero) is 1. The molecule has 41 heavy (non-hydrogen) atoms. The lowest BCUT2D eigenvalue weighted by atomic mass is 9.75. The first kappa shape index (κ1) is 33.9. The first-order chi connectivity index (χ1) is 19.2. The molecule has 2 aliphatic carbocycles. The summed E-state index contributed by atoms with van der Waals surface area (Å²) in [6, 6.07) is 8.56. The molecular weight excluding hydrogens is 528 g/mol. The van der Waals surface area contributed by atoms with E-state index in [0.717, 1.165) is 7.11 Å². The number of allylic oxidation sites excluding steroid dienone is 1. The molecule has 1 fully saturated rings. The lowest BCUT2D eigenvalue weighted by molar-refractivity contribution is -0.195. The number of rotatable bonds is 4. The Bertz CT molecular complexity index is 1150. The Morgan fingerprint density at radius 2 is 1.59 bits per heavy atom. The summed E-state index contributed by atoms with van der Waals surface area (Å²) in [6.45, 7) is 11.5. The Morgan fingerprint density at radius 1 is 0.976 bits per heavy atom. The van der Waals surface area contributed by atoms with Gasteiger partial charge in [-0.05, 0) is 50.8 Å². The van der Waals surface area contributed by atoms with Crippen LogP contribution in [0.5, 0.6) is 0 Å². The number of ketones is 1. The number of hydrogen-bond donors (Lipinski definition) is 2. The third kappa shape index (κ3) is 7.92. The minimum Gasteiger partial charge on any atom is -0.458 e. The average Bonchev–Trinajstić information content (AvgIpc) is 3.16. The van der Waals surface area contributed by atoms with Crippen LogP contribution in [-0.4, -0.2) is 64.9 Å². The van der Waals surface area contributed by atoms with Crippen molar-refractivity contribution in [3.8, 4) is 0 Å². The van der Waals surface area contributed by atoms with E-state index in [1.165, 1.54) is 13.8 Å². The molecule has 0 unspecified atom stereocenters. The van der Waals surface area contributed by atoms with E-state index >= 15 is 0 Å². The predicted octanol–water partition coefficient (Wildman–Crippen LogP) is 4.21. The zero-order chi connectivity index (χ0) is 31.1. The van der Waals surface area contributed by atoms with E-state index < -0.39 is 59.1 Å². The highest BCUT2D eigenvalue weighted by Gasteiger charge is 2.62. The van der Waals surface area contributed by atoms with E-state index in [1.807, 2.05) is 13.8 Å². The van der Waals surface area contributed by atoms with Crippen molar-refractivity contribution in [1.29, 1.82) is 0 Å². The summed E-state index contributed by atoms with van der Waals surface area (Å²) >= 11 is 0. The van der Waals surface area contributed by atoms with Gasteiger partial charge in [0.15, 0.2) is 5.60 Å². The Labute approximate surface area is 242 Å². The molecule has 7 atom stereocenters. The summed E-state index contributed by atoms with van der Waals surface area (Å²) in [5.41, 5.74) is -1.46. The van der Waals surface area contributed by atoms with E-state index in [0.29, 0.717) is 11.1 Å². The molecule has 1 saturated carbocycles. The normalized spacial score (nSPS) is 33.2. The monoisotopic (exact) mass is 572 g/mol. The van der Waals surface area contributed by atoms with Crippen molar-refractivity contribution < 1.29 is 43.6 Å². The smallest absolute Gasteiger partial charge is 0.338 e. The van der Waals surface area contributed by atoms with E-state index in [2.05, 4.69) is 0 Å². The first-order valence-corrected chi connectivity index (χ1v) is 13.8. The van der Waals surface area contributed by atoms with Crippen molar-refractivity contribution in [2.45, 2.75) is 85.2 Å². The summed E-state index contributed by atoms with van der Waals surface area (Å²) in [4.78, 5) is 51.2. The number of hydrogen-bond acceptors (Lipinski definition) is 9. The first-order valence-electron chi connectivity index (χ1n) is 13.8. The molecule has 9 nitrogen and oxygen atoms in total. The summed E-state index contributed by atoms with van der Waals surface area (Å²) in [7, 11) is 1.00. The maximum atomic E-state index is 13.2. The SMILES string of the molecule is CC(=O)O[C@@H]1[C@@H](C)/C=C/C(C)(C)C(=O)C[C@@H](O)/C(C)=C/[C@H]2[C@@H](OC(=O)c3ccccc3)[C@H](C)C[C@]12OC(C)=O.CO. The second-order valence-corrected chi connectivity index (χ2v) is 11.5. The fourth-order valence-corrected chi connectivity index (χ4v) is 5.73. The number of fused-ring (bicyclic) bond motifs is 1. The zero-order valence-electron chi connectivity index (χ0n) is 25.2. The highest BCUT2D eigenvalue weighted by molar-refractivity contribution is 5.89. The van der Waals surface area contributed by atoms with E-state index in [4.69, 9.17) is 19.3 Å². The van der Waals surface area contributed by atoms with Crippen LogP contribution in [0.4, 0.5) is 0 Å². The number of ether oxygens (including phenoxy) is 3. The van der Waals surface area contributed by atoms with Crippen LogP contribution in [0.1, 0.15) is 71.7 Å². The minimum absolute atomic E-state index is 0.112. The zero-order valence-corrected chi connectivity index (χ0v) is 25.2. The van der Waals surface area contributed by atoms with Crippen molar-refractivity contribution in [3.63, 3.8) is 0 Å². The lowest BCUT2D eigenvalue weighted by Crippen LogP contribution is -2.55. The molecule has 2 N–H and O–H groups in total. The fourth-order valence-electron chi connectivity index (χ4n) is 5.73. The number of aliphatic hydroxyl groups excluding tert-OH is 2. The molecule has 9 heteroatoms. The van der Waals surface area contributed by atoms with Crippen molar-refractivity contribution in [2.24, 2.45) is 23.2 Å². The van der Waals surface area contributed by atoms with E-state index in [9.17, 15) is 24.3 Å². The van der Waals surface area contributed by atoms with Gasteiger partial charge in [-0.1, -0.05) is 50.3 Å². The molecule has 0 amide bonds. The molecule has 0 aliphatic heterocycles. The quantitative estimate of drug-likeness (QED) is 0.309. The summed E-state index contributed by atoms with van der Waals surface area (Å²) in [5, 5.41) is 18.0. The molecule has 0 saturated heterocycles. The molecule has 0 aromatic heterocycles. The van der Waals surface area contributed by atoms with Gasteiger partial charge >= 0.3 is 17.9 Å². The third-order valence-corrected chi connectivity index (χ3v) is 7.84. The van der Waals surface area contributed by atoms with Crippen molar-refractivity contribution in [1.82, 2.24) is 0 Å². The van der Waals surface area contributed by atoms with Crippen molar-refractivity contribution in [2.75, 3.05) is 7.11 Å². The topological polar surface area (TPSA) is 136 Å².